The molecule has 0 unspecified atom stereocenters. The van der Waals surface area contributed by atoms with Crippen LogP contribution in [0.4, 0.5) is 0 Å². The van der Waals surface area contributed by atoms with Gasteiger partial charge in [0, 0.05) is 24.2 Å². The van der Waals surface area contributed by atoms with Crippen molar-refractivity contribution in [1.82, 2.24) is 9.88 Å². The van der Waals surface area contributed by atoms with E-state index in [1.807, 2.05) is 54.6 Å². The molecule has 0 fully saturated rings. The van der Waals surface area contributed by atoms with Crippen molar-refractivity contribution in [3.05, 3.63) is 76.6 Å². The summed E-state index contributed by atoms with van der Waals surface area (Å²) in [6.07, 6.45) is 0. The van der Waals surface area contributed by atoms with E-state index in [1.165, 1.54) is 0 Å². The third-order valence-corrected chi connectivity index (χ3v) is 4.10. The Bertz CT molecular complexity index is 859. The Hall–Kier alpha value is -2.59. The van der Waals surface area contributed by atoms with Crippen molar-refractivity contribution < 1.29 is 9.21 Å². The predicted octanol–water partition coefficient (Wildman–Crippen LogP) is 4.58. The highest BCUT2D eigenvalue weighted by Crippen LogP contribution is 2.23. The van der Waals surface area contributed by atoms with E-state index >= 15 is 0 Å². The molecular formula is C19H17ClN2O2. The molecule has 2 aromatic carbocycles. The molecular weight excluding hydrogens is 324 g/mol. The zero-order valence-electron chi connectivity index (χ0n) is 13.5. The molecule has 24 heavy (non-hydrogen) atoms. The average molecular weight is 341 g/mol. The summed E-state index contributed by atoms with van der Waals surface area (Å²) in [7, 11) is 1.72. The quantitative estimate of drug-likeness (QED) is 0.698. The van der Waals surface area contributed by atoms with Gasteiger partial charge in [-0.05, 0) is 30.7 Å². The normalized spacial score (nSPS) is 10.6. The molecule has 0 aliphatic carbocycles. The zero-order chi connectivity index (χ0) is 17.1. The van der Waals surface area contributed by atoms with Gasteiger partial charge in [-0.1, -0.05) is 48.0 Å². The molecule has 5 heteroatoms. The van der Waals surface area contributed by atoms with Gasteiger partial charge in [0.1, 0.15) is 5.76 Å². The summed E-state index contributed by atoms with van der Waals surface area (Å²) < 4.78 is 5.66. The smallest absolute Gasteiger partial charge is 0.276 e. The van der Waals surface area contributed by atoms with Gasteiger partial charge in [0.25, 0.3) is 5.91 Å². The topological polar surface area (TPSA) is 46.3 Å². The molecule has 0 radical (unpaired) electrons. The molecule has 0 aliphatic heterocycles. The maximum atomic E-state index is 12.7. The maximum Gasteiger partial charge on any atom is 0.276 e. The lowest BCUT2D eigenvalue weighted by Crippen LogP contribution is -2.27. The number of amides is 1. The first kappa shape index (κ1) is 16.3. The van der Waals surface area contributed by atoms with Gasteiger partial charge in [0.05, 0.1) is 0 Å². The van der Waals surface area contributed by atoms with Gasteiger partial charge < -0.3 is 9.32 Å². The van der Waals surface area contributed by atoms with E-state index in [0.29, 0.717) is 28.9 Å². The first-order valence-corrected chi connectivity index (χ1v) is 7.96. The molecule has 0 N–H and O–H groups in total. The average Bonchev–Trinajstić information content (AvgIpc) is 2.99. The highest BCUT2D eigenvalue weighted by molar-refractivity contribution is 6.31. The molecule has 0 saturated carbocycles. The molecule has 1 amide bonds. The summed E-state index contributed by atoms with van der Waals surface area (Å²) in [6.45, 7) is 2.15. The van der Waals surface area contributed by atoms with E-state index in [-0.39, 0.29) is 5.91 Å². The van der Waals surface area contributed by atoms with Crippen LogP contribution in [-0.4, -0.2) is 22.8 Å². The first-order chi connectivity index (χ1) is 11.6. The van der Waals surface area contributed by atoms with Crippen molar-refractivity contribution in [2.75, 3.05) is 7.05 Å². The van der Waals surface area contributed by atoms with E-state index in [4.69, 9.17) is 16.0 Å². The molecule has 0 bridgehead atoms. The van der Waals surface area contributed by atoms with Gasteiger partial charge in [-0.25, -0.2) is 4.98 Å². The van der Waals surface area contributed by atoms with Crippen LogP contribution in [0.25, 0.3) is 11.5 Å². The van der Waals surface area contributed by atoms with E-state index in [0.717, 1.165) is 11.1 Å². The number of aryl methyl sites for hydroxylation is 1. The summed E-state index contributed by atoms with van der Waals surface area (Å²) >= 11 is 6.16. The summed E-state index contributed by atoms with van der Waals surface area (Å²) in [5, 5.41) is 0.638. The minimum absolute atomic E-state index is 0.196. The number of rotatable bonds is 4. The fourth-order valence-electron chi connectivity index (χ4n) is 2.43. The molecule has 4 nitrogen and oxygen atoms in total. The molecule has 122 valence electrons. The van der Waals surface area contributed by atoms with Crippen LogP contribution in [-0.2, 0) is 6.54 Å². The highest BCUT2D eigenvalue weighted by Gasteiger charge is 2.21. The largest absolute Gasteiger partial charge is 0.441 e. The van der Waals surface area contributed by atoms with E-state index < -0.39 is 0 Å². The second kappa shape index (κ2) is 6.89. The number of halogens is 1. The summed E-state index contributed by atoms with van der Waals surface area (Å²) in [4.78, 5) is 18.6. The second-order valence-corrected chi connectivity index (χ2v) is 5.95. The lowest BCUT2D eigenvalue weighted by Gasteiger charge is -2.16. The Morgan fingerprint density at radius 2 is 1.79 bits per heavy atom. The van der Waals surface area contributed by atoms with Gasteiger partial charge >= 0.3 is 0 Å². The molecule has 3 aromatic rings. The van der Waals surface area contributed by atoms with Crippen molar-refractivity contribution in [3.63, 3.8) is 0 Å². The molecule has 0 saturated heterocycles. The molecule has 0 atom stereocenters. The SMILES string of the molecule is Cc1oc(-c2ccccc2)nc1C(=O)N(C)Cc1ccccc1Cl. The van der Waals surface area contributed by atoms with Crippen LogP contribution in [0.1, 0.15) is 21.8 Å². The van der Waals surface area contributed by atoms with Gasteiger partial charge in [0.15, 0.2) is 5.69 Å². The van der Waals surface area contributed by atoms with E-state index in [2.05, 4.69) is 4.98 Å². The van der Waals surface area contributed by atoms with E-state index in [9.17, 15) is 4.79 Å². The van der Waals surface area contributed by atoms with Crippen LogP contribution in [0.5, 0.6) is 0 Å². The third kappa shape index (κ3) is 3.34. The van der Waals surface area contributed by atoms with E-state index in [1.54, 1.807) is 18.9 Å². The number of hydrogen-bond acceptors (Lipinski definition) is 3. The number of benzene rings is 2. The Morgan fingerprint density at radius 3 is 2.50 bits per heavy atom. The fraction of sp³-hybridized carbons (Fsp3) is 0.158. The second-order valence-electron chi connectivity index (χ2n) is 5.54. The van der Waals surface area contributed by atoms with Crippen LogP contribution in [0.15, 0.2) is 59.0 Å². The first-order valence-electron chi connectivity index (χ1n) is 7.58. The fourth-order valence-corrected chi connectivity index (χ4v) is 2.63. The Labute approximate surface area is 145 Å². The molecule has 0 aliphatic rings. The van der Waals surface area contributed by atoms with Gasteiger partial charge in [-0.15, -0.1) is 0 Å². The third-order valence-electron chi connectivity index (χ3n) is 3.73. The number of hydrogen-bond donors (Lipinski definition) is 0. The zero-order valence-corrected chi connectivity index (χ0v) is 14.2. The van der Waals surface area contributed by atoms with Crippen LogP contribution < -0.4 is 0 Å². The van der Waals surface area contributed by atoms with Gasteiger partial charge in [-0.2, -0.15) is 0 Å². The van der Waals surface area contributed by atoms with Crippen LogP contribution in [0.3, 0.4) is 0 Å². The van der Waals surface area contributed by atoms with Crippen molar-refractivity contribution in [2.24, 2.45) is 0 Å². The molecule has 0 spiro atoms. The van der Waals surface area contributed by atoms with Crippen molar-refractivity contribution >= 4 is 17.5 Å². The number of nitrogens with zero attached hydrogens (tertiary/aromatic N) is 2. The van der Waals surface area contributed by atoms with Crippen LogP contribution >= 0.6 is 11.6 Å². The number of aromatic nitrogens is 1. The minimum Gasteiger partial charge on any atom is -0.441 e. The van der Waals surface area contributed by atoms with Crippen molar-refractivity contribution in [2.45, 2.75) is 13.5 Å². The Morgan fingerprint density at radius 1 is 1.12 bits per heavy atom. The molecule has 1 heterocycles. The molecule has 1 aromatic heterocycles. The predicted molar refractivity (Wildman–Crippen MR) is 93.9 cm³/mol. The standard InChI is InChI=1S/C19H17ClN2O2/c1-13-17(21-18(24-13)14-8-4-3-5-9-14)19(23)22(2)12-15-10-6-7-11-16(15)20/h3-11H,12H2,1-2H3. The Balaban J connectivity index is 1.82. The van der Waals surface area contributed by atoms with Crippen LogP contribution in [0.2, 0.25) is 5.02 Å². The van der Waals surface area contributed by atoms with Gasteiger partial charge in [0.2, 0.25) is 5.89 Å². The monoisotopic (exact) mass is 340 g/mol. The van der Waals surface area contributed by atoms with Crippen molar-refractivity contribution in [1.29, 1.82) is 0 Å². The van der Waals surface area contributed by atoms with Crippen molar-refractivity contribution in [3.8, 4) is 11.5 Å². The lowest BCUT2D eigenvalue weighted by atomic mass is 10.2. The van der Waals surface area contributed by atoms with Crippen LogP contribution in [0, 0.1) is 6.92 Å². The summed E-state index contributed by atoms with van der Waals surface area (Å²) in [5.74, 6) is 0.755. The highest BCUT2D eigenvalue weighted by atomic mass is 35.5. The minimum atomic E-state index is -0.196. The van der Waals surface area contributed by atoms with Gasteiger partial charge in [-0.3, -0.25) is 4.79 Å². The number of carbonyl (C=O) groups excluding carboxylic acids is 1. The maximum absolute atomic E-state index is 12.7. The lowest BCUT2D eigenvalue weighted by molar-refractivity contribution is 0.0778. The number of carbonyl (C=O) groups is 1. The summed E-state index contributed by atoms with van der Waals surface area (Å²) in [5.41, 5.74) is 2.05. The Kier molecular flexibility index (Phi) is 4.67. The summed E-state index contributed by atoms with van der Waals surface area (Å²) in [6, 6.07) is 17.0. The number of oxazole rings is 1. The molecule has 3 rings (SSSR count).